The number of amides is 2. The number of piperidine rings is 1. The first-order valence-corrected chi connectivity index (χ1v) is 3.96. The van der Waals surface area contributed by atoms with Crippen LogP contribution < -0.4 is 11.1 Å². The second-order valence-corrected chi connectivity index (χ2v) is 2.90. The maximum Gasteiger partial charge on any atom is 0.317 e. The summed E-state index contributed by atoms with van der Waals surface area (Å²) in [6.07, 6.45) is 2.06. The molecular weight excluding hydrogens is 142 g/mol. The lowest BCUT2D eigenvalue weighted by Gasteiger charge is -2.30. The van der Waals surface area contributed by atoms with Gasteiger partial charge >= 0.3 is 6.03 Å². The zero-order valence-electron chi connectivity index (χ0n) is 6.84. The summed E-state index contributed by atoms with van der Waals surface area (Å²) < 4.78 is 0. The molecule has 1 aliphatic heterocycles. The first-order valence-electron chi connectivity index (χ1n) is 3.96. The SMILES string of the molecule is CNC(=O)N1CCCC(N)C1. The van der Waals surface area contributed by atoms with E-state index in [2.05, 4.69) is 5.32 Å². The Morgan fingerprint density at radius 1 is 1.73 bits per heavy atom. The van der Waals surface area contributed by atoms with Gasteiger partial charge in [-0.25, -0.2) is 4.79 Å². The van der Waals surface area contributed by atoms with Crippen molar-refractivity contribution in [3.05, 3.63) is 0 Å². The van der Waals surface area contributed by atoms with E-state index in [-0.39, 0.29) is 12.1 Å². The quantitative estimate of drug-likeness (QED) is 0.509. The highest BCUT2D eigenvalue weighted by Crippen LogP contribution is 2.07. The average molecular weight is 157 g/mol. The Balaban J connectivity index is 2.39. The standard InChI is InChI=1S/C7H15N3O/c1-9-7(11)10-4-2-3-6(8)5-10/h6H,2-5,8H2,1H3,(H,9,11). The summed E-state index contributed by atoms with van der Waals surface area (Å²) >= 11 is 0. The van der Waals surface area contributed by atoms with E-state index in [0.29, 0.717) is 6.54 Å². The molecule has 0 aliphatic carbocycles. The van der Waals surface area contributed by atoms with E-state index >= 15 is 0 Å². The second kappa shape index (κ2) is 3.57. The van der Waals surface area contributed by atoms with E-state index in [1.54, 1.807) is 11.9 Å². The molecular formula is C7H15N3O. The van der Waals surface area contributed by atoms with E-state index in [1.807, 2.05) is 0 Å². The van der Waals surface area contributed by atoms with Crippen LogP contribution in [0.4, 0.5) is 4.79 Å². The van der Waals surface area contributed by atoms with Crippen LogP contribution in [0.5, 0.6) is 0 Å². The molecule has 1 heterocycles. The van der Waals surface area contributed by atoms with Crippen LogP contribution in [-0.4, -0.2) is 37.1 Å². The smallest absolute Gasteiger partial charge is 0.317 e. The number of hydrogen-bond acceptors (Lipinski definition) is 2. The molecule has 0 radical (unpaired) electrons. The van der Waals surface area contributed by atoms with Gasteiger partial charge in [0.15, 0.2) is 0 Å². The molecule has 0 spiro atoms. The van der Waals surface area contributed by atoms with Crippen LogP contribution in [0.1, 0.15) is 12.8 Å². The molecule has 1 fully saturated rings. The van der Waals surface area contributed by atoms with Gasteiger partial charge in [-0.2, -0.15) is 0 Å². The molecule has 0 aromatic heterocycles. The first-order chi connectivity index (χ1) is 5.24. The monoisotopic (exact) mass is 157 g/mol. The minimum absolute atomic E-state index is 0.0137. The summed E-state index contributed by atoms with van der Waals surface area (Å²) in [5.74, 6) is 0. The fourth-order valence-corrected chi connectivity index (χ4v) is 1.35. The van der Waals surface area contributed by atoms with E-state index in [1.165, 1.54) is 0 Å². The summed E-state index contributed by atoms with van der Waals surface area (Å²) in [7, 11) is 1.64. The van der Waals surface area contributed by atoms with Gasteiger partial charge in [0.2, 0.25) is 0 Å². The molecule has 64 valence electrons. The molecule has 3 N–H and O–H groups in total. The topological polar surface area (TPSA) is 58.4 Å². The number of nitrogens with two attached hydrogens (primary N) is 1. The number of likely N-dealkylation sites (tertiary alicyclic amines) is 1. The third-order valence-electron chi connectivity index (χ3n) is 1.96. The maximum absolute atomic E-state index is 11.1. The first kappa shape index (κ1) is 8.33. The van der Waals surface area contributed by atoms with Crippen molar-refractivity contribution < 1.29 is 4.79 Å². The van der Waals surface area contributed by atoms with Gasteiger partial charge in [-0.05, 0) is 12.8 Å². The number of carbonyl (C=O) groups is 1. The predicted molar refractivity (Wildman–Crippen MR) is 43.2 cm³/mol. The van der Waals surface area contributed by atoms with Crippen LogP contribution in [0, 0.1) is 0 Å². The van der Waals surface area contributed by atoms with Crippen molar-refractivity contribution in [2.75, 3.05) is 20.1 Å². The zero-order chi connectivity index (χ0) is 8.27. The third-order valence-corrected chi connectivity index (χ3v) is 1.96. The highest BCUT2D eigenvalue weighted by molar-refractivity contribution is 5.73. The van der Waals surface area contributed by atoms with Gasteiger partial charge < -0.3 is 16.0 Å². The molecule has 1 atom stereocenters. The summed E-state index contributed by atoms with van der Waals surface area (Å²) in [6.45, 7) is 1.53. The highest BCUT2D eigenvalue weighted by atomic mass is 16.2. The van der Waals surface area contributed by atoms with Gasteiger partial charge in [-0.1, -0.05) is 0 Å². The maximum atomic E-state index is 11.1. The highest BCUT2D eigenvalue weighted by Gasteiger charge is 2.19. The van der Waals surface area contributed by atoms with E-state index in [9.17, 15) is 4.79 Å². The van der Waals surface area contributed by atoms with E-state index in [4.69, 9.17) is 5.73 Å². The lowest BCUT2D eigenvalue weighted by molar-refractivity contribution is 0.182. The number of rotatable bonds is 0. The van der Waals surface area contributed by atoms with Crippen molar-refractivity contribution in [1.82, 2.24) is 10.2 Å². The number of hydrogen-bond donors (Lipinski definition) is 2. The van der Waals surface area contributed by atoms with Crippen molar-refractivity contribution in [3.8, 4) is 0 Å². The van der Waals surface area contributed by atoms with Gasteiger partial charge in [-0.15, -0.1) is 0 Å². The molecule has 11 heavy (non-hydrogen) atoms. The Kier molecular flexibility index (Phi) is 2.70. The molecule has 0 aromatic carbocycles. The summed E-state index contributed by atoms with van der Waals surface area (Å²) in [4.78, 5) is 12.8. The largest absolute Gasteiger partial charge is 0.341 e. The Morgan fingerprint density at radius 3 is 3.00 bits per heavy atom. The van der Waals surface area contributed by atoms with Crippen LogP contribution in [0.25, 0.3) is 0 Å². The molecule has 1 saturated heterocycles. The molecule has 4 heteroatoms. The van der Waals surface area contributed by atoms with Crippen LogP contribution >= 0.6 is 0 Å². The molecule has 0 bridgehead atoms. The molecule has 1 unspecified atom stereocenters. The number of nitrogens with one attached hydrogen (secondary N) is 1. The van der Waals surface area contributed by atoms with Gasteiger partial charge in [0.1, 0.15) is 0 Å². The van der Waals surface area contributed by atoms with Crippen molar-refractivity contribution in [2.24, 2.45) is 5.73 Å². The Labute approximate surface area is 66.7 Å². The van der Waals surface area contributed by atoms with E-state index in [0.717, 1.165) is 19.4 Å². The minimum atomic E-state index is -0.0137. The normalized spacial score (nSPS) is 24.9. The van der Waals surface area contributed by atoms with Crippen molar-refractivity contribution in [1.29, 1.82) is 0 Å². The lowest BCUT2D eigenvalue weighted by Crippen LogP contribution is -2.48. The van der Waals surface area contributed by atoms with Crippen LogP contribution in [0.2, 0.25) is 0 Å². The van der Waals surface area contributed by atoms with Crippen LogP contribution in [0.15, 0.2) is 0 Å². The Morgan fingerprint density at radius 2 is 2.45 bits per heavy atom. The Hall–Kier alpha value is -0.770. The van der Waals surface area contributed by atoms with Crippen molar-refractivity contribution in [3.63, 3.8) is 0 Å². The third kappa shape index (κ3) is 2.08. The van der Waals surface area contributed by atoms with Gasteiger partial charge in [-0.3, -0.25) is 0 Å². The van der Waals surface area contributed by atoms with Crippen molar-refractivity contribution in [2.45, 2.75) is 18.9 Å². The van der Waals surface area contributed by atoms with Crippen LogP contribution in [-0.2, 0) is 0 Å². The molecule has 1 rings (SSSR count). The number of urea groups is 1. The lowest BCUT2D eigenvalue weighted by atomic mass is 10.1. The fraction of sp³-hybridized carbons (Fsp3) is 0.857. The van der Waals surface area contributed by atoms with E-state index < -0.39 is 0 Å². The minimum Gasteiger partial charge on any atom is -0.341 e. The summed E-state index contributed by atoms with van der Waals surface area (Å²) in [5, 5.41) is 2.59. The Bertz CT molecular complexity index is 149. The predicted octanol–water partition coefficient (Wildman–Crippen LogP) is -0.251. The molecule has 1 aliphatic rings. The average Bonchev–Trinajstić information content (AvgIpc) is 2.03. The molecule has 0 aromatic rings. The zero-order valence-corrected chi connectivity index (χ0v) is 6.84. The van der Waals surface area contributed by atoms with Crippen LogP contribution in [0.3, 0.4) is 0 Å². The van der Waals surface area contributed by atoms with Gasteiger partial charge in [0.25, 0.3) is 0 Å². The summed E-state index contributed by atoms with van der Waals surface area (Å²) in [6, 6.07) is 0.154. The van der Waals surface area contributed by atoms with Gasteiger partial charge in [0, 0.05) is 26.2 Å². The number of nitrogens with zero attached hydrogens (tertiary/aromatic N) is 1. The van der Waals surface area contributed by atoms with Gasteiger partial charge in [0.05, 0.1) is 0 Å². The second-order valence-electron chi connectivity index (χ2n) is 2.90. The summed E-state index contributed by atoms with van der Waals surface area (Å²) in [5.41, 5.74) is 5.70. The molecule has 2 amide bonds. The van der Waals surface area contributed by atoms with Crippen molar-refractivity contribution >= 4 is 6.03 Å². The molecule has 4 nitrogen and oxygen atoms in total. The number of carbonyl (C=O) groups excluding carboxylic acids is 1. The molecule has 0 saturated carbocycles. The fourth-order valence-electron chi connectivity index (χ4n) is 1.35.